The molecule has 2 heterocycles. The van der Waals surface area contributed by atoms with Crippen LogP contribution in [0.5, 0.6) is 0 Å². The molecule has 3 rings (SSSR count). The first-order chi connectivity index (χ1) is 14.0. The van der Waals surface area contributed by atoms with Gasteiger partial charge in [0, 0.05) is 73.9 Å². The maximum absolute atomic E-state index is 12.6. The van der Waals surface area contributed by atoms with Crippen LogP contribution in [0.4, 0.5) is 5.69 Å². The van der Waals surface area contributed by atoms with Crippen molar-refractivity contribution in [3.63, 3.8) is 0 Å². The fourth-order valence-corrected chi connectivity index (χ4v) is 6.03. The van der Waals surface area contributed by atoms with E-state index in [2.05, 4.69) is 38.1 Å². The zero-order chi connectivity index (χ0) is 21.0. The molecule has 0 aliphatic heterocycles. The second-order valence-corrected chi connectivity index (χ2v) is 10.2. The van der Waals surface area contributed by atoms with E-state index >= 15 is 0 Å². The smallest absolute Gasteiger partial charge is 0.341 e. The predicted octanol–water partition coefficient (Wildman–Crippen LogP) is 5.33. The molecule has 0 saturated heterocycles. The van der Waals surface area contributed by atoms with Crippen LogP contribution >= 0.6 is 42.1 Å². The van der Waals surface area contributed by atoms with Gasteiger partial charge in [-0.3, -0.25) is 8.77 Å². The fraction of sp³-hybridized carbons (Fsp3) is 0.550. The highest BCUT2D eigenvalue weighted by molar-refractivity contribution is 14.2. The molecule has 29 heavy (non-hydrogen) atoms. The molecule has 0 amide bonds. The van der Waals surface area contributed by atoms with Gasteiger partial charge in [-0.1, -0.05) is 11.8 Å². The van der Waals surface area contributed by atoms with Crippen LogP contribution in [0.15, 0.2) is 18.5 Å². The van der Waals surface area contributed by atoms with E-state index in [1.165, 1.54) is 11.8 Å². The lowest BCUT2D eigenvalue weighted by atomic mass is 9.86. The van der Waals surface area contributed by atoms with Crippen LogP contribution in [0.3, 0.4) is 0 Å². The average molecular weight is 547 g/mol. The number of anilines is 1. The Balaban J connectivity index is 1.87. The summed E-state index contributed by atoms with van der Waals surface area (Å²) < 4.78 is 7.30. The summed E-state index contributed by atoms with van der Waals surface area (Å²) in [4.78, 5) is 30.7. The summed E-state index contributed by atoms with van der Waals surface area (Å²) in [6.07, 6.45) is 7.92. The minimum Gasteiger partial charge on any atom is -0.462 e. The predicted molar refractivity (Wildman–Crippen MR) is 130 cm³/mol. The summed E-state index contributed by atoms with van der Waals surface area (Å²) in [5.74, 6) is 1.17. The highest BCUT2D eigenvalue weighted by Crippen LogP contribution is 2.37. The normalized spacial score (nSPS) is 19.3. The summed E-state index contributed by atoms with van der Waals surface area (Å²) in [5, 5.41) is 1.16. The van der Waals surface area contributed by atoms with Crippen molar-refractivity contribution < 1.29 is 14.3 Å². The number of carbonyl (C=O) groups excluding carboxylic acids is 2. The van der Waals surface area contributed by atoms with Gasteiger partial charge in [0.25, 0.3) is 0 Å². The maximum Gasteiger partial charge on any atom is 0.341 e. The Morgan fingerprint density at radius 1 is 1.34 bits per heavy atom. The zero-order valence-corrected chi connectivity index (χ0v) is 20.7. The SMILES string of the molecule is CCOC(=O)c1cnc2c(ccn2SI)c1N(C)C1CCC(CSC(C)=O)CC1. The monoisotopic (exact) mass is 547 g/mol. The van der Waals surface area contributed by atoms with Gasteiger partial charge in [0.05, 0.1) is 12.3 Å². The van der Waals surface area contributed by atoms with E-state index in [1.54, 1.807) is 22.2 Å². The van der Waals surface area contributed by atoms with E-state index in [-0.39, 0.29) is 11.1 Å². The molecule has 1 aliphatic rings. The van der Waals surface area contributed by atoms with Gasteiger partial charge >= 0.3 is 5.97 Å². The molecule has 2 aromatic heterocycles. The highest BCUT2D eigenvalue weighted by atomic mass is 127. The Hall–Kier alpha value is -0.940. The number of ether oxygens (including phenoxy) is 1. The van der Waals surface area contributed by atoms with Gasteiger partial charge in [-0.15, -0.1) is 0 Å². The number of aromatic nitrogens is 2. The van der Waals surface area contributed by atoms with E-state index in [0.717, 1.165) is 48.2 Å². The molecule has 158 valence electrons. The van der Waals surface area contributed by atoms with Crippen LogP contribution in [0.2, 0.25) is 0 Å². The molecule has 1 aliphatic carbocycles. The van der Waals surface area contributed by atoms with Crippen molar-refractivity contribution in [2.24, 2.45) is 5.92 Å². The number of fused-ring (bicyclic) bond motifs is 1. The van der Waals surface area contributed by atoms with Crippen molar-refractivity contribution in [3.8, 4) is 0 Å². The first-order valence-corrected chi connectivity index (χ1v) is 14.1. The Kier molecular flexibility index (Phi) is 8.15. The van der Waals surface area contributed by atoms with E-state index in [1.807, 2.05) is 23.2 Å². The number of hydrogen-bond acceptors (Lipinski definition) is 7. The maximum atomic E-state index is 12.6. The number of nitrogens with zero attached hydrogens (tertiary/aromatic N) is 3. The van der Waals surface area contributed by atoms with Gasteiger partial charge in [-0.2, -0.15) is 0 Å². The second kappa shape index (κ2) is 10.4. The second-order valence-electron chi connectivity index (χ2n) is 7.28. The minimum atomic E-state index is -0.329. The number of esters is 1. The fourth-order valence-electron chi connectivity index (χ4n) is 3.96. The van der Waals surface area contributed by atoms with Crippen LogP contribution in [0.1, 0.15) is 49.9 Å². The molecule has 1 fully saturated rings. The van der Waals surface area contributed by atoms with E-state index < -0.39 is 0 Å². The summed E-state index contributed by atoms with van der Waals surface area (Å²) >= 11 is 3.66. The van der Waals surface area contributed by atoms with Crippen LogP contribution < -0.4 is 4.90 Å². The highest BCUT2D eigenvalue weighted by Gasteiger charge is 2.29. The average Bonchev–Trinajstić information content (AvgIpc) is 3.14. The van der Waals surface area contributed by atoms with Crippen LogP contribution in [0, 0.1) is 5.92 Å². The lowest BCUT2D eigenvalue weighted by molar-refractivity contribution is -0.109. The number of rotatable bonds is 7. The van der Waals surface area contributed by atoms with E-state index in [0.29, 0.717) is 24.1 Å². The van der Waals surface area contributed by atoms with Gasteiger partial charge in [-0.05, 0) is 44.6 Å². The van der Waals surface area contributed by atoms with Gasteiger partial charge in [0.15, 0.2) is 10.8 Å². The molecule has 0 aromatic carbocycles. The van der Waals surface area contributed by atoms with Gasteiger partial charge in [0.1, 0.15) is 5.56 Å². The molecule has 6 nitrogen and oxygen atoms in total. The quantitative estimate of drug-likeness (QED) is 0.343. The molecule has 2 aromatic rings. The lowest BCUT2D eigenvalue weighted by Crippen LogP contribution is -2.36. The van der Waals surface area contributed by atoms with Crippen molar-refractivity contribution in [1.82, 2.24) is 8.96 Å². The van der Waals surface area contributed by atoms with Gasteiger partial charge in [0.2, 0.25) is 0 Å². The number of halogens is 1. The molecule has 1 saturated carbocycles. The molecule has 0 spiro atoms. The number of thioether (sulfide) groups is 1. The Bertz CT molecular complexity index is 881. The van der Waals surface area contributed by atoms with E-state index in [9.17, 15) is 9.59 Å². The molecule has 0 N–H and O–H groups in total. The van der Waals surface area contributed by atoms with Crippen molar-refractivity contribution in [1.29, 1.82) is 0 Å². The third-order valence-corrected chi connectivity index (χ3v) is 8.22. The van der Waals surface area contributed by atoms with Crippen molar-refractivity contribution in [2.45, 2.75) is 45.6 Å². The summed E-state index contributed by atoms with van der Waals surface area (Å²) in [5.41, 5.74) is 2.28. The first-order valence-electron chi connectivity index (χ1n) is 9.78. The number of hydrogen-bond donors (Lipinski definition) is 0. The third kappa shape index (κ3) is 5.22. The largest absolute Gasteiger partial charge is 0.462 e. The standard InChI is InChI=1S/C20H26IN3O3S2/c1-4-27-20(26)17-11-22-19-16(9-10-24(19)29-21)18(17)23(3)15-7-5-14(6-8-15)12-28-13(2)25/h9-11,14-15H,4-8,12H2,1-3H3. The third-order valence-electron chi connectivity index (χ3n) is 5.46. The van der Waals surface area contributed by atoms with Gasteiger partial charge < -0.3 is 9.64 Å². The van der Waals surface area contributed by atoms with Crippen LogP contribution in [-0.4, -0.2) is 45.5 Å². The van der Waals surface area contributed by atoms with Crippen molar-refractivity contribution in [3.05, 3.63) is 24.0 Å². The Morgan fingerprint density at radius 2 is 2.07 bits per heavy atom. The lowest BCUT2D eigenvalue weighted by Gasteiger charge is -2.36. The molecule has 0 radical (unpaired) electrons. The molecule has 0 bridgehead atoms. The van der Waals surface area contributed by atoms with Crippen molar-refractivity contribution >= 4 is 69.9 Å². The number of pyridine rings is 1. The molecular formula is C20H26IN3O3S2. The summed E-state index contributed by atoms with van der Waals surface area (Å²) in [6, 6.07) is 2.38. The molecule has 9 heteroatoms. The van der Waals surface area contributed by atoms with Crippen molar-refractivity contribution in [2.75, 3.05) is 24.3 Å². The zero-order valence-electron chi connectivity index (χ0n) is 16.9. The van der Waals surface area contributed by atoms with Crippen LogP contribution in [0.25, 0.3) is 11.0 Å². The molecule has 0 atom stereocenters. The van der Waals surface area contributed by atoms with Crippen LogP contribution in [-0.2, 0) is 9.53 Å². The minimum absolute atomic E-state index is 0.195. The molecular weight excluding hydrogens is 521 g/mol. The Morgan fingerprint density at radius 3 is 2.69 bits per heavy atom. The summed E-state index contributed by atoms with van der Waals surface area (Å²) in [6.45, 7) is 3.79. The van der Waals surface area contributed by atoms with E-state index in [4.69, 9.17) is 4.74 Å². The topological polar surface area (TPSA) is 64.4 Å². The summed E-state index contributed by atoms with van der Waals surface area (Å²) in [7, 11) is 3.62. The first kappa shape index (κ1) is 22.7. The Labute approximate surface area is 192 Å². The molecule has 0 unspecified atom stereocenters. The number of carbonyl (C=O) groups is 2. The van der Waals surface area contributed by atoms with Gasteiger partial charge in [-0.25, -0.2) is 9.78 Å².